The first-order chi connectivity index (χ1) is 11.8. The highest BCUT2D eigenvalue weighted by Crippen LogP contribution is 2.14. The summed E-state index contributed by atoms with van der Waals surface area (Å²) in [5.41, 5.74) is 2.55. The molecule has 0 amide bonds. The Balaban J connectivity index is 1.65. The number of ketones is 1. The van der Waals surface area contributed by atoms with E-state index in [1.807, 2.05) is 29.6 Å². The highest BCUT2D eigenvalue weighted by atomic mass is 32.1. The van der Waals surface area contributed by atoms with Crippen LogP contribution in [0.1, 0.15) is 27.2 Å². The average molecular weight is 335 g/mol. The molecular weight excluding hydrogens is 314 g/mol. The normalized spacial score (nSPS) is 10.9. The van der Waals surface area contributed by atoms with Gasteiger partial charge in [0.25, 0.3) is 0 Å². The van der Waals surface area contributed by atoms with Gasteiger partial charge in [-0.1, -0.05) is 66.7 Å². The number of nitrogens with zero attached hydrogens (tertiary/aromatic N) is 1. The van der Waals surface area contributed by atoms with Gasteiger partial charge in [-0.25, -0.2) is 0 Å². The minimum atomic E-state index is 0.233. The molecule has 1 heterocycles. The molecule has 3 heteroatoms. The Kier molecular flexibility index (Phi) is 5.94. The third kappa shape index (κ3) is 4.88. The van der Waals surface area contributed by atoms with Gasteiger partial charge in [-0.3, -0.25) is 9.69 Å². The topological polar surface area (TPSA) is 20.3 Å². The maximum absolute atomic E-state index is 12.3. The number of carbonyl (C=O) groups is 1. The molecule has 24 heavy (non-hydrogen) atoms. The summed E-state index contributed by atoms with van der Waals surface area (Å²) in [6.07, 6.45) is 0.556. The first-order valence-corrected chi connectivity index (χ1v) is 9.06. The Hall–Kier alpha value is -2.23. The standard InChI is InChI=1S/C21H21NOS/c23-20(21-12-7-15-24-21)13-14-22(16-18-8-3-1-4-9-18)17-19-10-5-2-6-11-19/h1-12,15H,13-14,16-17H2. The van der Waals surface area contributed by atoms with E-state index in [-0.39, 0.29) is 5.78 Å². The van der Waals surface area contributed by atoms with Crippen molar-refractivity contribution < 1.29 is 4.79 Å². The third-order valence-corrected chi connectivity index (χ3v) is 4.86. The molecule has 0 aliphatic rings. The fraction of sp³-hybridized carbons (Fsp3) is 0.190. The maximum atomic E-state index is 12.3. The lowest BCUT2D eigenvalue weighted by molar-refractivity contribution is 0.0964. The van der Waals surface area contributed by atoms with Gasteiger partial charge >= 0.3 is 0 Å². The molecule has 3 aromatic rings. The largest absolute Gasteiger partial charge is 0.294 e. The zero-order valence-corrected chi connectivity index (χ0v) is 14.4. The van der Waals surface area contributed by atoms with Gasteiger partial charge in [0.05, 0.1) is 4.88 Å². The Labute approximate surface area is 147 Å². The van der Waals surface area contributed by atoms with Crippen LogP contribution in [-0.4, -0.2) is 17.2 Å². The monoisotopic (exact) mass is 335 g/mol. The van der Waals surface area contributed by atoms with E-state index >= 15 is 0 Å². The lowest BCUT2D eigenvalue weighted by Gasteiger charge is -2.22. The van der Waals surface area contributed by atoms with Crippen molar-refractivity contribution in [2.24, 2.45) is 0 Å². The summed E-state index contributed by atoms with van der Waals surface area (Å²) >= 11 is 1.52. The van der Waals surface area contributed by atoms with E-state index in [9.17, 15) is 4.79 Å². The van der Waals surface area contributed by atoms with Crippen LogP contribution in [0.5, 0.6) is 0 Å². The lowest BCUT2D eigenvalue weighted by atomic mass is 10.1. The van der Waals surface area contributed by atoms with E-state index in [4.69, 9.17) is 0 Å². The minimum absolute atomic E-state index is 0.233. The SMILES string of the molecule is O=C(CCN(Cc1ccccc1)Cc1ccccc1)c1cccs1. The van der Waals surface area contributed by atoms with Crippen molar-refractivity contribution in [1.29, 1.82) is 0 Å². The Morgan fingerprint density at radius 2 is 1.38 bits per heavy atom. The van der Waals surface area contributed by atoms with Crippen molar-refractivity contribution in [3.63, 3.8) is 0 Å². The van der Waals surface area contributed by atoms with Gasteiger partial charge in [0.2, 0.25) is 0 Å². The molecule has 0 aliphatic heterocycles. The molecule has 0 saturated heterocycles. The number of rotatable bonds is 8. The minimum Gasteiger partial charge on any atom is -0.294 e. The van der Waals surface area contributed by atoms with E-state index in [1.165, 1.54) is 22.5 Å². The smallest absolute Gasteiger partial charge is 0.174 e. The highest BCUT2D eigenvalue weighted by Gasteiger charge is 2.12. The Morgan fingerprint density at radius 1 is 0.792 bits per heavy atom. The van der Waals surface area contributed by atoms with Crippen molar-refractivity contribution in [3.8, 4) is 0 Å². The van der Waals surface area contributed by atoms with Gasteiger partial charge in [-0.05, 0) is 22.6 Å². The zero-order chi connectivity index (χ0) is 16.6. The predicted molar refractivity (Wildman–Crippen MR) is 100 cm³/mol. The summed E-state index contributed by atoms with van der Waals surface area (Å²) in [4.78, 5) is 15.5. The second-order valence-electron chi connectivity index (χ2n) is 5.83. The van der Waals surface area contributed by atoms with Gasteiger partial charge in [-0.15, -0.1) is 11.3 Å². The average Bonchev–Trinajstić information content (AvgIpc) is 3.16. The molecule has 0 bridgehead atoms. The predicted octanol–water partition coefficient (Wildman–Crippen LogP) is 5.02. The number of carbonyl (C=O) groups excluding carboxylic acids is 1. The molecule has 0 spiro atoms. The van der Waals surface area contributed by atoms with Crippen LogP contribution in [0.3, 0.4) is 0 Å². The molecule has 0 unspecified atom stereocenters. The van der Waals surface area contributed by atoms with Crippen LogP contribution in [0.15, 0.2) is 78.2 Å². The van der Waals surface area contributed by atoms with Crippen LogP contribution in [0, 0.1) is 0 Å². The Bertz CT molecular complexity index is 697. The quantitative estimate of drug-likeness (QED) is 0.539. The molecule has 3 rings (SSSR count). The first-order valence-electron chi connectivity index (χ1n) is 8.18. The van der Waals surface area contributed by atoms with Gasteiger partial charge in [0.15, 0.2) is 5.78 Å². The molecule has 0 N–H and O–H groups in total. The van der Waals surface area contributed by atoms with Crippen molar-refractivity contribution in [3.05, 3.63) is 94.2 Å². The molecule has 0 atom stereocenters. The number of benzene rings is 2. The second kappa shape index (κ2) is 8.57. The summed E-state index contributed by atoms with van der Waals surface area (Å²) in [6.45, 7) is 2.47. The molecule has 0 radical (unpaired) electrons. The van der Waals surface area contributed by atoms with E-state index in [2.05, 4.69) is 53.4 Å². The number of hydrogen-bond acceptors (Lipinski definition) is 3. The highest BCUT2D eigenvalue weighted by molar-refractivity contribution is 7.12. The van der Waals surface area contributed by atoms with Crippen LogP contribution in [0.25, 0.3) is 0 Å². The number of thiophene rings is 1. The number of Topliss-reactive ketones (excluding diaryl/α,β-unsaturated/α-hetero) is 1. The summed E-state index contributed by atoms with van der Waals surface area (Å²) in [5.74, 6) is 0.233. The van der Waals surface area contributed by atoms with Crippen molar-refractivity contribution in [2.75, 3.05) is 6.54 Å². The zero-order valence-electron chi connectivity index (χ0n) is 13.6. The van der Waals surface area contributed by atoms with E-state index in [0.29, 0.717) is 6.42 Å². The fourth-order valence-corrected chi connectivity index (χ4v) is 3.41. The molecule has 0 saturated carbocycles. The van der Waals surface area contributed by atoms with Crippen molar-refractivity contribution in [1.82, 2.24) is 4.90 Å². The van der Waals surface area contributed by atoms with E-state index < -0.39 is 0 Å². The molecule has 1 aromatic heterocycles. The fourth-order valence-electron chi connectivity index (χ4n) is 2.72. The van der Waals surface area contributed by atoms with Crippen LogP contribution in [0.4, 0.5) is 0 Å². The molecule has 0 aliphatic carbocycles. The van der Waals surface area contributed by atoms with Crippen LogP contribution in [-0.2, 0) is 13.1 Å². The molecule has 2 aromatic carbocycles. The van der Waals surface area contributed by atoms with Gasteiger partial charge < -0.3 is 0 Å². The summed E-state index contributed by atoms with van der Waals surface area (Å²) in [6, 6.07) is 24.7. The first kappa shape index (κ1) is 16.6. The van der Waals surface area contributed by atoms with Crippen molar-refractivity contribution >= 4 is 17.1 Å². The van der Waals surface area contributed by atoms with E-state index in [0.717, 1.165) is 24.5 Å². The lowest BCUT2D eigenvalue weighted by Crippen LogP contribution is -2.25. The van der Waals surface area contributed by atoms with Crippen LogP contribution < -0.4 is 0 Å². The summed E-state index contributed by atoms with van der Waals surface area (Å²) in [5, 5.41) is 1.96. The van der Waals surface area contributed by atoms with Gasteiger partial charge in [0, 0.05) is 26.1 Å². The molecule has 122 valence electrons. The summed E-state index contributed by atoms with van der Waals surface area (Å²) < 4.78 is 0. The summed E-state index contributed by atoms with van der Waals surface area (Å²) in [7, 11) is 0. The maximum Gasteiger partial charge on any atom is 0.174 e. The third-order valence-electron chi connectivity index (χ3n) is 3.95. The van der Waals surface area contributed by atoms with Crippen LogP contribution >= 0.6 is 11.3 Å². The van der Waals surface area contributed by atoms with Gasteiger partial charge in [-0.2, -0.15) is 0 Å². The van der Waals surface area contributed by atoms with Crippen LogP contribution in [0.2, 0.25) is 0 Å². The second-order valence-corrected chi connectivity index (χ2v) is 6.78. The molecule has 2 nitrogen and oxygen atoms in total. The van der Waals surface area contributed by atoms with E-state index in [1.54, 1.807) is 0 Å². The molecular formula is C21H21NOS. The molecule has 0 fully saturated rings. The van der Waals surface area contributed by atoms with Gasteiger partial charge in [0.1, 0.15) is 0 Å². The van der Waals surface area contributed by atoms with Crippen molar-refractivity contribution in [2.45, 2.75) is 19.5 Å². The number of hydrogen-bond donors (Lipinski definition) is 0. The Morgan fingerprint density at radius 3 is 1.88 bits per heavy atom.